The smallest absolute Gasteiger partial charge is 0.217 e. The lowest BCUT2D eigenvalue weighted by molar-refractivity contribution is -0.384. The predicted octanol–water partition coefficient (Wildman–Crippen LogP) is -9.61. The zero-order valence-corrected chi connectivity index (χ0v) is 25.5. The van der Waals surface area contributed by atoms with Gasteiger partial charge in [-0.05, 0) is 0 Å². The zero-order valence-electron chi connectivity index (χ0n) is 25.5. The van der Waals surface area contributed by atoms with Crippen LogP contribution in [0.2, 0.25) is 0 Å². The van der Waals surface area contributed by atoms with Gasteiger partial charge in [-0.25, -0.2) is 0 Å². The van der Waals surface area contributed by atoms with Crippen molar-refractivity contribution >= 4 is 5.91 Å². The molecule has 22 heteroatoms. The normalized spacial score (nSPS) is 50.2. The largest absolute Gasteiger partial charge is 0.394 e. The summed E-state index contributed by atoms with van der Waals surface area (Å²) in [6, 6.07) is -1.50. The Morgan fingerprint density at radius 2 is 1.00 bits per heavy atom. The molecule has 1 amide bonds. The van der Waals surface area contributed by atoms with Crippen molar-refractivity contribution in [2.75, 3.05) is 26.4 Å². The average molecular weight is 708 g/mol. The molecular formula is C26H45NO21. The van der Waals surface area contributed by atoms with Crippen LogP contribution in [0.5, 0.6) is 0 Å². The summed E-state index contributed by atoms with van der Waals surface area (Å²) in [5.74, 6) is -0.699. The topological polar surface area (TPSA) is 357 Å². The second-order valence-electron chi connectivity index (χ2n) is 11.9. The molecule has 4 heterocycles. The van der Waals surface area contributed by atoms with Gasteiger partial charge in [0.05, 0.1) is 26.4 Å². The maximum absolute atomic E-state index is 11.9. The molecule has 4 saturated heterocycles. The van der Waals surface area contributed by atoms with Crippen LogP contribution in [0.1, 0.15) is 6.92 Å². The Balaban J connectivity index is 1.54. The summed E-state index contributed by atoms with van der Waals surface area (Å²) in [5.41, 5.74) is 0. The van der Waals surface area contributed by atoms with E-state index in [2.05, 4.69) is 5.32 Å². The molecule has 0 saturated carbocycles. The lowest BCUT2D eigenvalue weighted by atomic mass is 9.95. The van der Waals surface area contributed by atoms with Crippen LogP contribution in [0.25, 0.3) is 0 Å². The van der Waals surface area contributed by atoms with E-state index < -0.39 is 155 Å². The Morgan fingerprint density at radius 3 is 1.56 bits per heavy atom. The third-order valence-electron chi connectivity index (χ3n) is 8.59. The first-order valence-corrected chi connectivity index (χ1v) is 15.1. The van der Waals surface area contributed by atoms with E-state index in [0.717, 1.165) is 6.92 Å². The molecule has 14 N–H and O–H groups in total. The maximum Gasteiger partial charge on any atom is 0.217 e. The predicted molar refractivity (Wildman–Crippen MR) is 145 cm³/mol. The van der Waals surface area contributed by atoms with Crippen molar-refractivity contribution in [3.8, 4) is 0 Å². The number of hydrogen-bond donors (Lipinski definition) is 14. The summed E-state index contributed by atoms with van der Waals surface area (Å²) in [5, 5.41) is 136. The number of amides is 1. The molecule has 4 rings (SSSR count). The van der Waals surface area contributed by atoms with Gasteiger partial charge < -0.3 is 105 Å². The first-order valence-electron chi connectivity index (χ1n) is 15.1. The fraction of sp³-hybridized carbons (Fsp3) is 0.962. The minimum atomic E-state index is -2.05. The van der Waals surface area contributed by atoms with E-state index in [1.807, 2.05) is 0 Å². The number of rotatable bonds is 11. The molecule has 0 unspecified atom stereocenters. The van der Waals surface area contributed by atoms with E-state index in [1.165, 1.54) is 0 Å². The van der Waals surface area contributed by atoms with Crippen LogP contribution < -0.4 is 5.32 Å². The van der Waals surface area contributed by atoms with Crippen LogP contribution in [0.15, 0.2) is 0 Å². The SMILES string of the molecule is CC(=O)N[C@@H]1[C@@H](O[C@H]2O[C@H](CO)[C@@H](O)[C@H](O)[C@@H]2O[C@H]2O[C@H](CO[C@@H]3O[C@H](CO)[C@H](O)[C@H](O)[C@H]3O)[C@@H](O)[C@H](O)[C@@H]2O)[C@@H](O)[C@@H](CO)O[C@H]1O. The lowest BCUT2D eigenvalue weighted by Crippen LogP contribution is -2.68. The quantitative estimate of drug-likeness (QED) is 0.0947. The summed E-state index contributed by atoms with van der Waals surface area (Å²) in [4.78, 5) is 11.9. The van der Waals surface area contributed by atoms with E-state index in [0.29, 0.717) is 0 Å². The first kappa shape index (κ1) is 39.5. The van der Waals surface area contributed by atoms with Gasteiger partial charge in [0.15, 0.2) is 25.2 Å². The van der Waals surface area contributed by atoms with Crippen LogP contribution in [0, 0.1) is 0 Å². The molecule has 0 aromatic carbocycles. The summed E-state index contributed by atoms with van der Waals surface area (Å²) >= 11 is 0. The number of nitrogens with one attached hydrogen (secondary N) is 1. The van der Waals surface area contributed by atoms with Crippen molar-refractivity contribution in [2.45, 2.75) is 130 Å². The fourth-order valence-electron chi connectivity index (χ4n) is 5.82. The van der Waals surface area contributed by atoms with Crippen molar-refractivity contribution in [1.29, 1.82) is 0 Å². The van der Waals surface area contributed by atoms with E-state index >= 15 is 0 Å². The zero-order chi connectivity index (χ0) is 35.6. The molecule has 0 radical (unpaired) electrons. The van der Waals surface area contributed by atoms with Gasteiger partial charge in [-0.15, -0.1) is 0 Å². The van der Waals surface area contributed by atoms with Gasteiger partial charge in [-0.3, -0.25) is 4.79 Å². The van der Waals surface area contributed by atoms with E-state index in [9.17, 15) is 71.2 Å². The van der Waals surface area contributed by atoms with E-state index in [1.54, 1.807) is 0 Å². The highest BCUT2D eigenvalue weighted by atomic mass is 16.8. The molecule has 20 atom stereocenters. The fourth-order valence-corrected chi connectivity index (χ4v) is 5.82. The summed E-state index contributed by atoms with van der Waals surface area (Å²) < 4.78 is 38.4. The van der Waals surface area contributed by atoms with Crippen LogP contribution in [0.3, 0.4) is 0 Å². The maximum atomic E-state index is 11.9. The van der Waals surface area contributed by atoms with Crippen molar-refractivity contribution in [3.05, 3.63) is 0 Å². The molecule has 0 aliphatic carbocycles. The Bertz CT molecular complexity index is 1030. The van der Waals surface area contributed by atoms with Crippen LogP contribution in [-0.2, 0) is 38.0 Å². The monoisotopic (exact) mass is 707 g/mol. The van der Waals surface area contributed by atoms with Gasteiger partial charge in [-0.1, -0.05) is 0 Å². The third-order valence-corrected chi connectivity index (χ3v) is 8.59. The number of ether oxygens (including phenoxy) is 7. The highest BCUT2D eigenvalue weighted by molar-refractivity contribution is 5.73. The van der Waals surface area contributed by atoms with E-state index in [4.69, 9.17) is 33.2 Å². The van der Waals surface area contributed by atoms with Crippen LogP contribution in [0.4, 0.5) is 0 Å². The summed E-state index contributed by atoms with van der Waals surface area (Å²) in [6.07, 6.45) is -33.7. The van der Waals surface area contributed by atoms with Gasteiger partial charge in [0.1, 0.15) is 97.6 Å². The minimum absolute atomic E-state index is 0.699. The summed E-state index contributed by atoms with van der Waals surface area (Å²) in [6.45, 7) is -2.09. The third kappa shape index (κ3) is 8.24. The van der Waals surface area contributed by atoms with Gasteiger partial charge in [0.25, 0.3) is 0 Å². The molecule has 280 valence electrons. The Labute approximate surface area is 272 Å². The van der Waals surface area contributed by atoms with E-state index in [-0.39, 0.29) is 0 Å². The highest BCUT2D eigenvalue weighted by Crippen LogP contribution is 2.33. The molecule has 0 spiro atoms. The molecule has 4 aliphatic rings. The highest BCUT2D eigenvalue weighted by Gasteiger charge is 2.54. The molecule has 0 aromatic rings. The van der Waals surface area contributed by atoms with Gasteiger partial charge in [0, 0.05) is 6.92 Å². The Hall–Kier alpha value is -1.33. The second kappa shape index (κ2) is 16.8. The van der Waals surface area contributed by atoms with Crippen LogP contribution in [-0.4, -0.2) is 221 Å². The molecular weight excluding hydrogens is 662 g/mol. The number of aliphatic hydroxyl groups excluding tert-OH is 13. The Morgan fingerprint density at radius 1 is 0.542 bits per heavy atom. The van der Waals surface area contributed by atoms with Gasteiger partial charge >= 0.3 is 0 Å². The van der Waals surface area contributed by atoms with Crippen molar-refractivity contribution in [2.24, 2.45) is 0 Å². The number of carbonyl (C=O) groups excluding carboxylic acids is 1. The molecule has 48 heavy (non-hydrogen) atoms. The number of hydrogen-bond acceptors (Lipinski definition) is 21. The lowest BCUT2D eigenvalue weighted by Gasteiger charge is -2.49. The molecule has 0 aromatic heterocycles. The summed E-state index contributed by atoms with van der Waals surface area (Å²) in [7, 11) is 0. The van der Waals surface area contributed by atoms with Crippen molar-refractivity contribution in [1.82, 2.24) is 5.32 Å². The van der Waals surface area contributed by atoms with Crippen molar-refractivity contribution < 1.29 is 104 Å². The number of aliphatic hydroxyl groups is 13. The second-order valence-corrected chi connectivity index (χ2v) is 11.9. The molecule has 4 fully saturated rings. The Kier molecular flexibility index (Phi) is 13.8. The van der Waals surface area contributed by atoms with Crippen LogP contribution >= 0.6 is 0 Å². The first-order chi connectivity index (χ1) is 22.6. The van der Waals surface area contributed by atoms with Gasteiger partial charge in [0.2, 0.25) is 5.91 Å². The average Bonchev–Trinajstić information content (AvgIpc) is 3.06. The molecule has 4 aliphatic heterocycles. The molecule has 0 bridgehead atoms. The van der Waals surface area contributed by atoms with Crippen molar-refractivity contribution in [3.63, 3.8) is 0 Å². The van der Waals surface area contributed by atoms with Gasteiger partial charge in [-0.2, -0.15) is 0 Å². The standard InChI is InChI=1S/C26H45NO21/c1-6(31)27-11-21(15(35)9(4-30)43-23(11)41)47-26-22(18(38)13(33)8(3-29)45-26)48-25-20(40)17(37)14(34)10(46-25)5-42-24-19(39)16(36)12(32)7(2-28)44-24/h7-26,28-30,32-41H,2-5H2,1H3,(H,27,31)/t7-,8-,9-,10-,11-,12+,13-,14-,15+,16+,17+,18+,19-,20+,21-,22+,23-,24-,25-,26-/m1/s1. The number of carbonyl (C=O) groups is 1. The minimum Gasteiger partial charge on any atom is -0.394 e. The molecule has 22 nitrogen and oxygen atoms in total.